The third kappa shape index (κ3) is 4.77. The van der Waals surface area contributed by atoms with E-state index in [4.69, 9.17) is 20.1 Å². The molecular weight excluding hydrogens is 502 g/mol. The summed E-state index contributed by atoms with van der Waals surface area (Å²) in [5.74, 6) is 1.02. The highest BCUT2D eigenvalue weighted by atomic mass is 16.3. The van der Waals surface area contributed by atoms with Crippen molar-refractivity contribution in [3.8, 4) is 11.1 Å². The second kappa shape index (κ2) is 10.6. The molecule has 0 saturated carbocycles. The molecule has 0 aliphatic carbocycles. The summed E-state index contributed by atoms with van der Waals surface area (Å²) in [5.41, 5.74) is 13.5. The molecule has 1 heterocycles. The largest absolute Gasteiger partial charge is 0.456 e. The van der Waals surface area contributed by atoms with Crippen LogP contribution in [0.1, 0.15) is 16.7 Å². The van der Waals surface area contributed by atoms with Crippen LogP contribution < -0.4 is 5.73 Å². The molecular formula is C37H27N3O. The summed E-state index contributed by atoms with van der Waals surface area (Å²) >= 11 is 0. The van der Waals surface area contributed by atoms with Gasteiger partial charge >= 0.3 is 0 Å². The molecule has 0 fully saturated rings. The lowest BCUT2D eigenvalue weighted by atomic mass is 9.93. The molecule has 2 N–H and O–H groups in total. The Kier molecular flexibility index (Phi) is 6.34. The zero-order valence-electron chi connectivity index (χ0n) is 22.4. The highest BCUT2D eigenvalue weighted by molar-refractivity contribution is 6.23. The lowest BCUT2D eigenvalue weighted by Gasteiger charge is -2.11. The Balaban J connectivity index is 1.33. The van der Waals surface area contributed by atoms with Gasteiger partial charge in [-0.3, -0.25) is 4.99 Å². The Hall–Kier alpha value is -5.48. The zero-order valence-corrected chi connectivity index (χ0v) is 22.4. The van der Waals surface area contributed by atoms with Crippen LogP contribution in [0.4, 0.5) is 0 Å². The molecule has 0 amide bonds. The van der Waals surface area contributed by atoms with Gasteiger partial charge in [0, 0.05) is 27.3 Å². The fourth-order valence-electron chi connectivity index (χ4n) is 5.39. The van der Waals surface area contributed by atoms with Crippen LogP contribution in [0.25, 0.3) is 43.8 Å². The minimum absolute atomic E-state index is 0.418. The molecule has 4 heteroatoms. The van der Waals surface area contributed by atoms with Crippen LogP contribution >= 0.6 is 0 Å². The molecule has 0 bridgehead atoms. The van der Waals surface area contributed by atoms with E-state index < -0.39 is 0 Å². The van der Waals surface area contributed by atoms with E-state index in [-0.39, 0.29) is 0 Å². The summed E-state index contributed by atoms with van der Waals surface area (Å²) in [6.45, 7) is 0.520. The first-order valence-corrected chi connectivity index (χ1v) is 13.7. The molecule has 0 unspecified atom stereocenters. The summed E-state index contributed by atoms with van der Waals surface area (Å²) < 4.78 is 6.20. The van der Waals surface area contributed by atoms with Gasteiger partial charge in [-0.2, -0.15) is 0 Å². The van der Waals surface area contributed by atoms with E-state index in [2.05, 4.69) is 66.7 Å². The number of hydrogen-bond acceptors (Lipinski definition) is 2. The Morgan fingerprint density at radius 2 is 1.34 bits per heavy atom. The van der Waals surface area contributed by atoms with Gasteiger partial charge in [0.05, 0.1) is 6.54 Å². The summed E-state index contributed by atoms with van der Waals surface area (Å²) in [6.07, 6.45) is 0. The van der Waals surface area contributed by atoms with Crippen LogP contribution in [0.3, 0.4) is 0 Å². The highest BCUT2D eigenvalue weighted by Gasteiger charge is 2.15. The van der Waals surface area contributed by atoms with Crippen LogP contribution in [0.5, 0.6) is 0 Å². The maximum Gasteiger partial charge on any atom is 0.157 e. The average molecular weight is 530 g/mol. The van der Waals surface area contributed by atoms with Crippen LogP contribution in [0.15, 0.2) is 154 Å². The van der Waals surface area contributed by atoms with Gasteiger partial charge in [0.25, 0.3) is 0 Å². The molecule has 7 rings (SSSR count). The Morgan fingerprint density at radius 3 is 2.20 bits per heavy atom. The fraction of sp³-hybridized carbons (Fsp3) is 0.0270. The van der Waals surface area contributed by atoms with Crippen LogP contribution in [0, 0.1) is 0 Å². The third-order valence-electron chi connectivity index (χ3n) is 7.37. The van der Waals surface area contributed by atoms with Gasteiger partial charge in [-0.1, -0.05) is 121 Å². The van der Waals surface area contributed by atoms with Gasteiger partial charge in [0.2, 0.25) is 0 Å². The van der Waals surface area contributed by atoms with E-state index in [1.54, 1.807) is 0 Å². The number of nitrogens with zero attached hydrogens (tertiary/aromatic N) is 2. The monoisotopic (exact) mass is 529 g/mol. The number of para-hydroxylation sites is 1. The van der Waals surface area contributed by atoms with Crippen molar-refractivity contribution in [2.24, 2.45) is 15.7 Å². The summed E-state index contributed by atoms with van der Waals surface area (Å²) in [5, 5.41) is 4.56. The Bertz CT molecular complexity index is 2070. The summed E-state index contributed by atoms with van der Waals surface area (Å²) in [6, 6.07) is 47.2. The van der Waals surface area contributed by atoms with Gasteiger partial charge < -0.3 is 10.2 Å². The normalized spacial score (nSPS) is 12.4. The number of benzene rings is 6. The second-order valence-corrected chi connectivity index (χ2v) is 10.0. The molecule has 0 radical (unpaired) electrons. The minimum Gasteiger partial charge on any atom is -0.456 e. The molecule has 196 valence electrons. The molecule has 0 aliphatic rings. The quantitative estimate of drug-likeness (QED) is 0.179. The molecule has 4 nitrogen and oxygen atoms in total. The molecule has 0 spiro atoms. The number of rotatable bonds is 5. The first kappa shape index (κ1) is 24.6. The van der Waals surface area contributed by atoms with Gasteiger partial charge in [-0.05, 0) is 40.3 Å². The molecule has 6 aromatic carbocycles. The third-order valence-corrected chi connectivity index (χ3v) is 7.37. The Labute approximate surface area is 238 Å². The number of amidine groups is 2. The van der Waals surface area contributed by atoms with Crippen LogP contribution in [0.2, 0.25) is 0 Å². The lowest BCUT2D eigenvalue weighted by Crippen LogP contribution is -2.16. The van der Waals surface area contributed by atoms with Gasteiger partial charge in [0.15, 0.2) is 5.84 Å². The number of aliphatic imine (C=N–C) groups is 2. The average Bonchev–Trinajstić information content (AvgIpc) is 3.43. The number of fused-ring (bicyclic) bond motifs is 5. The number of hydrogen-bond donors (Lipinski definition) is 1. The molecule has 0 saturated heterocycles. The van der Waals surface area contributed by atoms with E-state index in [0.29, 0.717) is 18.2 Å². The molecule has 0 aliphatic heterocycles. The van der Waals surface area contributed by atoms with E-state index in [1.165, 1.54) is 0 Å². The van der Waals surface area contributed by atoms with E-state index >= 15 is 0 Å². The van der Waals surface area contributed by atoms with E-state index in [9.17, 15) is 0 Å². The fourth-order valence-corrected chi connectivity index (χ4v) is 5.39. The van der Waals surface area contributed by atoms with E-state index in [0.717, 1.165) is 60.5 Å². The molecule has 7 aromatic rings. The first-order valence-electron chi connectivity index (χ1n) is 13.7. The van der Waals surface area contributed by atoms with Crippen LogP contribution in [-0.4, -0.2) is 11.7 Å². The zero-order chi connectivity index (χ0) is 27.6. The lowest BCUT2D eigenvalue weighted by molar-refractivity contribution is 0.669. The maximum atomic E-state index is 6.66. The summed E-state index contributed by atoms with van der Waals surface area (Å²) in [7, 11) is 0. The predicted molar refractivity (Wildman–Crippen MR) is 171 cm³/mol. The van der Waals surface area contributed by atoms with Crippen molar-refractivity contribution in [2.45, 2.75) is 6.54 Å². The SMILES string of the molecule is NC(=NC(=NCc1ccccc1)c1ccccc1)c1cccc(-c2cccc3ccc4oc5ccccc5c4c23)c1. The molecule has 41 heavy (non-hydrogen) atoms. The molecule has 0 atom stereocenters. The second-order valence-electron chi connectivity index (χ2n) is 10.0. The standard InChI is InChI=1S/C37H27N3O/c38-36(40-37(27-13-5-2-6-14-27)39-24-25-11-3-1-4-12-25)29-17-9-16-28(23-29)30-19-10-15-26-21-22-33-35(34(26)30)31-18-7-8-20-32(31)41-33/h1-23H,24H2,(H2,38,39,40). The van der Waals surface area contributed by atoms with Crippen molar-refractivity contribution in [3.63, 3.8) is 0 Å². The maximum absolute atomic E-state index is 6.66. The Morgan fingerprint density at radius 1 is 0.610 bits per heavy atom. The van der Waals surface area contributed by atoms with Crippen molar-refractivity contribution in [2.75, 3.05) is 0 Å². The van der Waals surface area contributed by atoms with Crippen molar-refractivity contribution < 1.29 is 4.42 Å². The predicted octanol–water partition coefficient (Wildman–Crippen LogP) is 8.76. The van der Waals surface area contributed by atoms with Gasteiger partial charge in [0.1, 0.15) is 17.0 Å². The number of furan rings is 1. The topological polar surface area (TPSA) is 63.9 Å². The minimum atomic E-state index is 0.418. The van der Waals surface area contributed by atoms with Crippen molar-refractivity contribution in [1.82, 2.24) is 0 Å². The van der Waals surface area contributed by atoms with Crippen molar-refractivity contribution >= 4 is 44.4 Å². The van der Waals surface area contributed by atoms with Crippen molar-refractivity contribution in [1.29, 1.82) is 0 Å². The van der Waals surface area contributed by atoms with E-state index in [1.807, 2.05) is 72.8 Å². The summed E-state index contributed by atoms with van der Waals surface area (Å²) in [4.78, 5) is 9.69. The van der Waals surface area contributed by atoms with Crippen LogP contribution in [-0.2, 0) is 6.54 Å². The highest BCUT2D eigenvalue weighted by Crippen LogP contribution is 2.39. The van der Waals surface area contributed by atoms with Gasteiger partial charge in [-0.15, -0.1) is 0 Å². The van der Waals surface area contributed by atoms with Crippen molar-refractivity contribution in [3.05, 3.63) is 156 Å². The number of nitrogens with two attached hydrogens (primary N) is 1. The smallest absolute Gasteiger partial charge is 0.157 e. The first-order chi connectivity index (χ1) is 20.2. The molecule has 1 aromatic heterocycles. The van der Waals surface area contributed by atoms with Gasteiger partial charge in [-0.25, -0.2) is 4.99 Å².